The van der Waals surface area contributed by atoms with E-state index in [9.17, 15) is 9.18 Å². The molecular weight excluding hydrogens is 309 g/mol. The highest BCUT2D eigenvalue weighted by Crippen LogP contribution is 2.36. The summed E-state index contributed by atoms with van der Waals surface area (Å²) in [6.45, 7) is 5.26. The Balaban J connectivity index is 1.70. The van der Waals surface area contributed by atoms with E-state index in [1.807, 2.05) is 0 Å². The van der Waals surface area contributed by atoms with Crippen LogP contribution in [0.1, 0.15) is 60.1 Å². The van der Waals surface area contributed by atoms with Crippen molar-refractivity contribution in [1.82, 2.24) is 10.1 Å². The van der Waals surface area contributed by atoms with E-state index in [0.717, 1.165) is 24.1 Å². The van der Waals surface area contributed by atoms with Crippen LogP contribution in [0, 0.1) is 5.82 Å². The lowest BCUT2D eigenvalue weighted by atomic mass is 9.88. The highest BCUT2D eigenvalue weighted by atomic mass is 19.1. The smallest absolute Gasteiger partial charge is 0.256 e. The summed E-state index contributed by atoms with van der Waals surface area (Å²) >= 11 is 0. The van der Waals surface area contributed by atoms with Gasteiger partial charge in [0.2, 0.25) is 5.88 Å². The average molecular weight is 331 g/mol. The first-order chi connectivity index (χ1) is 11.5. The van der Waals surface area contributed by atoms with E-state index >= 15 is 0 Å². The van der Waals surface area contributed by atoms with E-state index in [0.29, 0.717) is 19.0 Å². The fraction of sp³-hybridized carbons (Fsp3) is 0.444. The molecule has 3 rings (SSSR count). The number of anilines is 1. The maximum atomic E-state index is 13.8. The predicted molar refractivity (Wildman–Crippen MR) is 89.3 cm³/mol. The van der Waals surface area contributed by atoms with Crippen molar-refractivity contribution in [1.29, 1.82) is 0 Å². The van der Waals surface area contributed by atoms with Crippen molar-refractivity contribution >= 4 is 11.8 Å². The molecule has 24 heavy (non-hydrogen) atoms. The molecule has 0 unspecified atom stereocenters. The summed E-state index contributed by atoms with van der Waals surface area (Å²) in [5, 5.41) is 4.14. The molecule has 1 aromatic heterocycles. The Morgan fingerprint density at radius 3 is 2.62 bits per heavy atom. The van der Waals surface area contributed by atoms with E-state index in [1.54, 1.807) is 17.0 Å². The number of carbonyl (C=O) groups excluding carboxylic acids is 1. The van der Waals surface area contributed by atoms with Crippen molar-refractivity contribution in [3.8, 4) is 0 Å². The van der Waals surface area contributed by atoms with E-state index in [4.69, 9.17) is 10.3 Å². The molecule has 1 aromatic carbocycles. The number of nitrogens with two attached hydrogens (primary N) is 1. The van der Waals surface area contributed by atoms with Gasteiger partial charge in [-0.05, 0) is 30.9 Å². The number of halogens is 1. The topological polar surface area (TPSA) is 72.4 Å². The maximum Gasteiger partial charge on any atom is 0.256 e. The number of piperidine rings is 1. The van der Waals surface area contributed by atoms with E-state index in [1.165, 1.54) is 12.1 Å². The number of amides is 1. The number of carbonyl (C=O) groups is 1. The number of nitrogen functional groups attached to an aromatic ring is 1. The molecule has 2 heterocycles. The third-order valence-corrected chi connectivity index (χ3v) is 4.63. The summed E-state index contributed by atoms with van der Waals surface area (Å²) in [4.78, 5) is 14.2. The van der Waals surface area contributed by atoms with Gasteiger partial charge in [0, 0.05) is 24.6 Å². The number of hydrogen-bond acceptors (Lipinski definition) is 4. The largest absolute Gasteiger partial charge is 0.367 e. The molecule has 1 aliphatic rings. The van der Waals surface area contributed by atoms with Crippen LogP contribution in [-0.4, -0.2) is 29.1 Å². The van der Waals surface area contributed by atoms with Crippen molar-refractivity contribution in [3.63, 3.8) is 0 Å². The third-order valence-electron chi connectivity index (χ3n) is 4.63. The van der Waals surface area contributed by atoms with Crippen LogP contribution < -0.4 is 5.73 Å². The fourth-order valence-electron chi connectivity index (χ4n) is 3.36. The van der Waals surface area contributed by atoms with Gasteiger partial charge >= 0.3 is 0 Å². The van der Waals surface area contributed by atoms with Crippen molar-refractivity contribution in [2.75, 3.05) is 18.8 Å². The van der Waals surface area contributed by atoms with Gasteiger partial charge in [0.15, 0.2) is 0 Å². The molecule has 0 radical (unpaired) electrons. The number of rotatable bonds is 3. The number of nitrogens with zero attached hydrogens (tertiary/aromatic N) is 2. The molecule has 0 atom stereocenters. The van der Waals surface area contributed by atoms with Crippen LogP contribution in [-0.2, 0) is 0 Å². The Labute approximate surface area is 140 Å². The fourth-order valence-corrected chi connectivity index (χ4v) is 3.36. The lowest BCUT2D eigenvalue weighted by molar-refractivity contribution is 0.0706. The van der Waals surface area contributed by atoms with Crippen molar-refractivity contribution in [3.05, 3.63) is 46.9 Å². The molecule has 2 N–H and O–H groups in total. The van der Waals surface area contributed by atoms with Gasteiger partial charge in [-0.15, -0.1) is 0 Å². The number of benzene rings is 1. The predicted octanol–water partition coefficient (Wildman–Crippen LogP) is 3.54. The SMILES string of the molecule is CC(C)c1c(C2CCN(C(=O)c3ccccc3F)CC2)noc1N. The van der Waals surface area contributed by atoms with E-state index < -0.39 is 5.82 Å². The summed E-state index contributed by atoms with van der Waals surface area (Å²) < 4.78 is 19.0. The highest BCUT2D eigenvalue weighted by Gasteiger charge is 2.30. The lowest BCUT2D eigenvalue weighted by Crippen LogP contribution is -2.38. The minimum atomic E-state index is -0.476. The van der Waals surface area contributed by atoms with Crippen molar-refractivity contribution in [2.24, 2.45) is 0 Å². The van der Waals surface area contributed by atoms with Crippen LogP contribution in [0.2, 0.25) is 0 Å². The van der Waals surface area contributed by atoms with Crippen molar-refractivity contribution < 1.29 is 13.7 Å². The molecule has 128 valence electrons. The molecule has 0 bridgehead atoms. The van der Waals surface area contributed by atoms with Gasteiger partial charge < -0.3 is 15.2 Å². The standard InChI is InChI=1S/C18H22FN3O2/c1-11(2)15-16(21-24-17(15)20)12-7-9-22(10-8-12)18(23)13-5-3-4-6-14(13)19/h3-6,11-12H,7-10,20H2,1-2H3. The van der Waals surface area contributed by atoms with Gasteiger partial charge in [0.1, 0.15) is 5.82 Å². The molecule has 1 aliphatic heterocycles. The van der Waals surface area contributed by atoms with Gasteiger partial charge in [0.25, 0.3) is 5.91 Å². The third kappa shape index (κ3) is 3.00. The molecule has 0 spiro atoms. The summed E-state index contributed by atoms with van der Waals surface area (Å²) in [5.74, 6) is 0.105. The van der Waals surface area contributed by atoms with Crippen LogP contribution in [0.5, 0.6) is 0 Å². The maximum absolute atomic E-state index is 13.8. The van der Waals surface area contributed by atoms with E-state index in [2.05, 4.69) is 19.0 Å². The van der Waals surface area contributed by atoms with Crippen molar-refractivity contribution in [2.45, 2.75) is 38.5 Å². The molecular formula is C18H22FN3O2. The summed E-state index contributed by atoms with van der Waals surface area (Å²) in [5.41, 5.74) is 7.88. The highest BCUT2D eigenvalue weighted by molar-refractivity contribution is 5.94. The van der Waals surface area contributed by atoms with Crippen LogP contribution in [0.4, 0.5) is 10.3 Å². The Morgan fingerprint density at radius 2 is 2.00 bits per heavy atom. The Morgan fingerprint density at radius 1 is 1.33 bits per heavy atom. The molecule has 1 fully saturated rings. The monoisotopic (exact) mass is 331 g/mol. The van der Waals surface area contributed by atoms with Crippen LogP contribution in [0.3, 0.4) is 0 Å². The second kappa shape index (κ2) is 6.63. The molecule has 1 amide bonds. The quantitative estimate of drug-likeness (QED) is 0.934. The van der Waals surface area contributed by atoms with Crippen LogP contribution >= 0.6 is 0 Å². The van der Waals surface area contributed by atoms with Crippen LogP contribution in [0.15, 0.2) is 28.8 Å². The Bertz CT molecular complexity index is 734. The average Bonchev–Trinajstić information content (AvgIpc) is 2.97. The number of likely N-dealkylation sites (tertiary alicyclic amines) is 1. The molecule has 0 saturated carbocycles. The van der Waals surface area contributed by atoms with Gasteiger partial charge in [0.05, 0.1) is 11.3 Å². The molecule has 5 nitrogen and oxygen atoms in total. The summed E-state index contributed by atoms with van der Waals surface area (Å²) in [6, 6.07) is 6.10. The molecule has 6 heteroatoms. The number of aromatic nitrogens is 1. The summed E-state index contributed by atoms with van der Waals surface area (Å²) in [6.07, 6.45) is 1.54. The Kier molecular flexibility index (Phi) is 4.55. The zero-order valence-corrected chi connectivity index (χ0v) is 14.0. The number of hydrogen-bond donors (Lipinski definition) is 1. The van der Waals surface area contributed by atoms with Gasteiger partial charge in [-0.25, -0.2) is 4.39 Å². The van der Waals surface area contributed by atoms with Gasteiger partial charge in [-0.1, -0.05) is 31.1 Å². The zero-order chi connectivity index (χ0) is 17.3. The van der Waals surface area contributed by atoms with Gasteiger partial charge in [-0.3, -0.25) is 4.79 Å². The normalized spacial score (nSPS) is 15.9. The first-order valence-corrected chi connectivity index (χ1v) is 8.27. The molecule has 2 aromatic rings. The zero-order valence-electron chi connectivity index (χ0n) is 14.0. The lowest BCUT2D eigenvalue weighted by Gasteiger charge is -2.31. The first kappa shape index (κ1) is 16.5. The molecule has 0 aliphatic carbocycles. The minimum Gasteiger partial charge on any atom is -0.367 e. The van der Waals surface area contributed by atoms with Gasteiger partial charge in [-0.2, -0.15) is 0 Å². The second-order valence-corrected chi connectivity index (χ2v) is 6.55. The second-order valence-electron chi connectivity index (χ2n) is 6.55. The minimum absolute atomic E-state index is 0.129. The van der Waals surface area contributed by atoms with Crippen LogP contribution in [0.25, 0.3) is 0 Å². The van der Waals surface area contributed by atoms with E-state index in [-0.39, 0.29) is 23.3 Å². The Hall–Kier alpha value is -2.37. The molecule has 1 saturated heterocycles. The first-order valence-electron chi connectivity index (χ1n) is 8.27. The summed E-state index contributed by atoms with van der Waals surface area (Å²) in [7, 11) is 0.